The molecule has 1 heterocycles. The molecule has 1 aliphatic rings. The largest absolute Gasteiger partial charge is 0.465 e. The third kappa shape index (κ3) is 6.76. The number of esters is 1. The zero-order chi connectivity index (χ0) is 15.9. The smallest absolute Gasteiger partial charge is 0.325 e. The van der Waals surface area contributed by atoms with E-state index in [0.29, 0.717) is 13.0 Å². The van der Waals surface area contributed by atoms with Gasteiger partial charge in [0.25, 0.3) is 0 Å². The van der Waals surface area contributed by atoms with Crippen LogP contribution in [0.2, 0.25) is 0 Å². The number of nitrogens with two attached hydrogens (primary N) is 1. The minimum atomic E-state index is -0.844. The first kappa shape index (κ1) is 18.4. The highest BCUT2D eigenvalue weighted by Gasteiger charge is 2.29. The van der Waals surface area contributed by atoms with Gasteiger partial charge in [0.15, 0.2) is 0 Å². The van der Waals surface area contributed by atoms with Gasteiger partial charge >= 0.3 is 5.97 Å². The number of ether oxygens (including phenoxy) is 1. The fourth-order valence-corrected chi connectivity index (χ4v) is 2.98. The van der Waals surface area contributed by atoms with E-state index >= 15 is 0 Å². The Kier molecular flexibility index (Phi) is 7.63. The van der Waals surface area contributed by atoms with Crippen LogP contribution < -0.4 is 5.73 Å². The molecule has 5 nitrogen and oxygen atoms in total. The number of hydrogen-bond donors (Lipinski definition) is 1. The van der Waals surface area contributed by atoms with Crippen molar-refractivity contribution in [3.05, 3.63) is 0 Å². The van der Waals surface area contributed by atoms with Crippen molar-refractivity contribution in [3.63, 3.8) is 0 Å². The third-order valence-electron chi connectivity index (χ3n) is 4.29. The highest BCUT2D eigenvalue weighted by molar-refractivity contribution is 5.79. The predicted octanol–water partition coefficient (Wildman–Crippen LogP) is 1.32. The normalized spacial score (nSPS) is 22.5. The number of hydrogen-bond acceptors (Lipinski definition) is 5. The maximum Gasteiger partial charge on any atom is 0.325 e. The van der Waals surface area contributed by atoms with Crippen LogP contribution in [-0.4, -0.2) is 68.2 Å². The molecule has 2 N–H and O–H groups in total. The van der Waals surface area contributed by atoms with Gasteiger partial charge < -0.3 is 20.3 Å². The molecule has 0 saturated carbocycles. The first-order chi connectivity index (χ1) is 9.85. The monoisotopic (exact) mass is 299 g/mol. The maximum atomic E-state index is 11.7. The average Bonchev–Trinajstić information content (AvgIpc) is 2.80. The molecule has 1 rings (SSSR count). The summed E-state index contributed by atoms with van der Waals surface area (Å²) in [5.41, 5.74) is 5.17. The Hall–Kier alpha value is -0.650. The number of rotatable bonds is 9. The SMILES string of the molecule is CCOC(=O)C(C)(N)CCCCN(C)CC1CCN(C)C1. The second-order valence-electron chi connectivity index (χ2n) is 6.77. The zero-order valence-electron chi connectivity index (χ0n) is 14.2. The van der Waals surface area contributed by atoms with E-state index in [9.17, 15) is 4.79 Å². The molecule has 1 aliphatic heterocycles. The number of carbonyl (C=O) groups excluding carboxylic acids is 1. The molecular weight excluding hydrogens is 266 g/mol. The van der Waals surface area contributed by atoms with Crippen molar-refractivity contribution in [3.8, 4) is 0 Å². The van der Waals surface area contributed by atoms with Crippen LogP contribution in [0.4, 0.5) is 0 Å². The molecule has 5 heteroatoms. The van der Waals surface area contributed by atoms with E-state index in [1.54, 1.807) is 6.92 Å². The van der Waals surface area contributed by atoms with Crippen molar-refractivity contribution in [2.45, 2.75) is 45.1 Å². The summed E-state index contributed by atoms with van der Waals surface area (Å²) in [4.78, 5) is 16.5. The summed E-state index contributed by atoms with van der Waals surface area (Å²) in [6.45, 7) is 8.65. The first-order valence-electron chi connectivity index (χ1n) is 8.18. The van der Waals surface area contributed by atoms with Crippen LogP contribution in [0.25, 0.3) is 0 Å². The maximum absolute atomic E-state index is 11.7. The van der Waals surface area contributed by atoms with Gasteiger partial charge in [0.1, 0.15) is 5.54 Å². The minimum absolute atomic E-state index is 0.285. The van der Waals surface area contributed by atoms with Crippen LogP contribution in [0.15, 0.2) is 0 Å². The molecule has 2 unspecified atom stereocenters. The van der Waals surface area contributed by atoms with Crippen molar-refractivity contribution in [1.82, 2.24) is 9.80 Å². The second kappa shape index (κ2) is 8.71. The Morgan fingerprint density at radius 3 is 2.76 bits per heavy atom. The van der Waals surface area contributed by atoms with E-state index in [2.05, 4.69) is 23.9 Å². The lowest BCUT2D eigenvalue weighted by Crippen LogP contribution is -2.46. The van der Waals surface area contributed by atoms with Gasteiger partial charge in [0, 0.05) is 13.1 Å². The van der Waals surface area contributed by atoms with Crippen molar-refractivity contribution in [2.24, 2.45) is 11.7 Å². The van der Waals surface area contributed by atoms with Crippen molar-refractivity contribution >= 4 is 5.97 Å². The summed E-state index contributed by atoms with van der Waals surface area (Å²) in [6, 6.07) is 0. The zero-order valence-corrected chi connectivity index (χ0v) is 14.2. The van der Waals surface area contributed by atoms with Gasteiger partial charge in [0.05, 0.1) is 6.61 Å². The fraction of sp³-hybridized carbons (Fsp3) is 0.938. The molecule has 0 bridgehead atoms. The number of nitrogens with zero attached hydrogens (tertiary/aromatic N) is 2. The van der Waals surface area contributed by atoms with Crippen LogP contribution in [0.3, 0.4) is 0 Å². The molecule has 2 atom stereocenters. The van der Waals surface area contributed by atoms with E-state index in [4.69, 9.17) is 10.5 Å². The Balaban J connectivity index is 2.14. The van der Waals surface area contributed by atoms with E-state index < -0.39 is 5.54 Å². The molecule has 0 spiro atoms. The molecule has 0 aliphatic carbocycles. The fourth-order valence-electron chi connectivity index (χ4n) is 2.98. The van der Waals surface area contributed by atoms with Crippen LogP contribution in [0.1, 0.15) is 39.5 Å². The lowest BCUT2D eigenvalue weighted by atomic mass is 9.96. The summed E-state index contributed by atoms with van der Waals surface area (Å²) in [5, 5.41) is 0. The highest BCUT2D eigenvalue weighted by Crippen LogP contribution is 2.16. The number of likely N-dealkylation sites (tertiary alicyclic amines) is 1. The van der Waals surface area contributed by atoms with Crippen LogP contribution >= 0.6 is 0 Å². The van der Waals surface area contributed by atoms with Gasteiger partial charge in [-0.05, 0) is 72.6 Å². The molecule has 0 aromatic carbocycles. The van der Waals surface area contributed by atoms with Crippen LogP contribution in [0, 0.1) is 5.92 Å². The van der Waals surface area contributed by atoms with E-state index in [1.165, 1.54) is 26.1 Å². The minimum Gasteiger partial charge on any atom is -0.465 e. The van der Waals surface area contributed by atoms with Gasteiger partial charge in [-0.1, -0.05) is 0 Å². The van der Waals surface area contributed by atoms with Gasteiger partial charge in [-0.3, -0.25) is 4.79 Å². The van der Waals surface area contributed by atoms with Crippen molar-refractivity contribution < 1.29 is 9.53 Å². The quantitative estimate of drug-likeness (QED) is 0.514. The Morgan fingerprint density at radius 2 is 2.19 bits per heavy atom. The average molecular weight is 299 g/mol. The molecule has 0 radical (unpaired) electrons. The Labute approximate surface area is 129 Å². The number of carbonyl (C=O) groups is 1. The molecular formula is C16H33N3O2. The molecule has 1 saturated heterocycles. The third-order valence-corrected chi connectivity index (χ3v) is 4.29. The Bertz CT molecular complexity index is 321. The molecule has 0 amide bonds. The topological polar surface area (TPSA) is 58.8 Å². The molecule has 1 fully saturated rings. The standard InChI is InChI=1S/C16H33N3O2/c1-5-21-15(20)16(2,17)9-6-7-10-18(3)12-14-8-11-19(4)13-14/h14H,5-13,17H2,1-4H3. The lowest BCUT2D eigenvalue weighted by molar-refractivity contribution is -0.149. The predicted molar refractivity (Wildman–Crippen MR) is 86.2 cm³/mol. The van der Waals surface area contributed by atoms with Crippen LogP contribution in [0.5, 0.6) is 0 Å². The Morgan fingerprint density at radius 1 is 1.48 bits per heavy atom. The van der Waals surface area contributed by atoms with Gasteiger partial charge in [-0.25, -0.2) is 0 Å². The molecule has 21 heavy (non-hydrogen) atoms. The molecule has 124 valence electrons. The van der Waals surface area contributed by atoms with Crippen molar-refractivity contribution in [2.75, 3.05) is 46.9 Å². The summed E-state index contributed by atoms with van der Waals surface area (Å²) in [7, 11) is 4.38. The summed E-state index contributed by atoms with van der Waals surface area (Å²) in [5.74, 6) is 0.520. The summed E-state index contributed by atoms with van der Waals surface area (Å²) < 4.78 is 5.00. The van der Waals surface area contributed by atoms with Gasteiger partial charge in [-0.2, -0.15) is 0 Å². The number of unbranched alkanes of at least 4 members (excludes halogenated alkanes) is 1. The van der Waals surface area contributed by atoms with Gasteiger partial charge in [-0.15, -0.1) is 0 Å². The van der Waals surface area contributed by atoms with Gasteiger partial charge in [0.2, 0.25) is 0 Å². The first-order valence-corrected chi connectivity index (χ1v) is 8.18. The highest BCUT2D eigenvalue weighted by atomic mass is 16.5. The summed E-state index contributed by atoms with van der Waals surface area (Å²) in [6.07, 6.45) is 4.03. The van der Waals surface area contributed by atoms with E-state index in [-0.39, 0.29) is 5.97 Å². The van der Waals surface area contributed by atoms with Crippen molar-refractivity contribution in [1.29, 1.82) is 0 Å². The molecule has 0 aromatic heterocycles. The molecule has 0 aromatic rings. The second-order valence-corrected chi connectivity index (χ2v) is 6.77. The summed E-state index contributed by atoms with van der Waals surface area (Å²) >= 11 is 0. The van der Waals surface area contributed by atoms with Crippen LogP contribution in [-0.2, 0) is 9.53 Å². The lowest BCUT2D eigenvalue weighted by Gasteiger charge is -2.24. The van der Waals surface area contributed by atoms with E-state index in [0.717, 1.165) is 25.3 Å². The van der Waals surface area contributed by atoms with E-state index in [1.807, 2.05) is 6.92 Å².